The molecule has 2 aromatic heterocycles. The maximum absolute atomic E-state index is 13.8. The molecule has 2 saturated carbocycles. The van der Waals surface area contributed by atoms with Gasteiger partial charge in [0, 0.05) is 46.6 Å². The number of rotatable bonds is 7. The van der Waals surface area contributed by atoms with Gasteiger partial charge in [0.25, 0.3) is 0 Å². The molecule has 0 radical (unpaired) electrons. The maximum atomic E-state index is 13.8. The summed E-state index contributed by atoms with van der Waals surface area (Å²) in [7, 11) is 1.48. The minimum atomic E-state index is -4.49. The van der Waals surface area contributed by atoms with Crippen molar-refractivity contribution in [2.24, 2.45) is 11.3 Å². The molecule has 3 aliphatic rings. The average Bonchev–Trinajstić information content (AvgIpc) is 3.69. The Balaban J connectivity index is 1.06. The highest BCUT2D eigenvalue weighted by atomic mass is 19.4. The Morgan fingerprint density at radius 3 is 2.60 bits per heavy atom. The molecule has 7 nitrogen and oxygen atoms in total. The quantitative estimate of drug-likeness (QED) is 0.245. The van der Waals surface area contributed by atoms with E-state index in [1.54, 1.807) is 12.1 Å². The van der Waals surface area contributed by atoms with Gasteiger partial charge in [-0.25, -0.2) is 9.78 Å². The van der Waals surface area contributed by atoms with Crippen LogP contribution in [0.15, 0.2) is 59.1 Å². The maximum Gasteiger partial charge on any atom is 0.417 e. The summed E-state index contributed by atoms with van der Waals surface area (Å²) in [4.78, 5) is 17.8. The number of hydrogen-bond donors (Lipinski definition) is 1. The minimum absolute atomic E-state index is 0.0430. The molecule has 42 heavy (non-hydrogen) atoms. The molecule has 0 unspecified atom stereocenters. The zero-order valence-electron chi connectivity index (χ0n) is 22.8. The molecule has 1 spiro atoms. The van der Waals surface area contributed by atoms with Gasteiger partial charge < -0.3 is 19.3 Å². The Morgan fingerprint density at radius 2 is 1.90 bits per heavy atom. The zero-order valence-corrected chi connectivity index (χ0v) is 22.8. The average molecular weight is 576 g/mol. The molecule has 7 rings (SSSR count). The van der Waals surface area contributed by atoms with E-state index in [0.717, 1.165) is 61.3 Å². The van der Waals surface area contributed by atoms with Crippen molar-refractivity contribution in [3.8, 4) is 17.1 Å². The van der Waals surface area contributed by atoms with Gasteiger partial charge in [-0.1, -0.05) is 41.6 Å². The van der Waals surface area contributed by atoms with E-state index in [1.165, 1.54) is 19.2 Å². The third kappa shape index (κ3) is 4.59. The summed E-state index contributed by atoms with van der Waals surface area (Å²) in [6, 6.07) is 12.9. The Hall–Kier alpha value is -4.34. The van der Waals surface area contributed by atoms with Gasteiger partial charge in [-0.3, -0.25) is 0 Å². The van der Waals surface area contributed by atoms with Crippen LogP contribution in [0.25, 0.3) is 28.1 Å². The van der Waals surface area contributed by atoms with Gasteiger partial charge in [0.1, 0.15) is 11.5 Å². The van der Waals surface area contributed by atoms with Gasteiger partial charge >= 0.3 is 12.1 Å². The first-order chi connectivity index (χ1) is 20.1. The van der Waals surface area contributed by atoms with Crippen LogP contribution in [0.2, 0.25) is 0 Å². The van der Waals surface area contributed by atoms with Crippen molar-refractivity contribution in [3.63, 3.8) is 0 Å². The van der Waals surface area contributed by atoms with E-state index in [4.69, 9.17) is 9.26 Å². The Labute approximate surface area is 239 Å². The summed E-state index contributed by atoms with van der Waals surface area (Å²) in [6.07, 6.45) is 3.46. The lowest BCUT2D eigenvalue weighted by molar-refractivity contribution is -0.137. The molecule has 0 amide bonds. The molecular formula is C32H28F3N3O4. The highest BCUT2D eigenvalue weighted by molar-refractivity contribution is 5.96. The summed E-state index contributed by atoms with van der Waals surface area (Å²) in [5.74, 6) is 0.400. The van der Waals surface area contributed by atoms with E-state index >= 15 is 0 Å². The number of carbonyl (C=O) groups is 1. The normalized spacial score (nSPS) is 18.4. The molecule has 0 atom stereocenters. The molecule has 3 fully saturated rings. The Bertz CT molecular complexity index is 1730. The monoisotopic (exact) mass is 575 g/mol. The first-order valence-corrected chi connectivity index (χ1v) is 14.0. The second-order valence-corrected chi connectivity index (χ2v) is 11.7. The van der Waals surface area contributed by atoms with Crippen LogP contribution >= 0.6 is 0 Å². The number of anilines is 1. The molecule has 10 heteroatoms. The third-order valence-electron chi connectivity index (χ3n) is 8.73. The van der Waals surface area contributed by atoms with Gasteiger partial charge in [0.05, 0.1) is 12.7 Å². The lowest BCUT2D eigenvalue weighted by atomic mass is 9.57. The summed E-state index contributed by atoms with van der Waals surface area (Å²) in [5, 5.41) is 15.0. The van der Waals surface area contributed by atoms with E-state index in [2.05, 4.69) is 21.1 Å². The fraction of sp³-hybridized carbons (Fsp3) is 0.344. The van der Waals surface area contributed by atoms with Crippen molar-refractivity contribution in [3.05, 3.63) is 77.2 Å². The molecule has 1 N–H and O–H groups in total. The number of alkyl halides is 3. The van der Waals surface area contributed by atoms with Crippen LogP contribution in [-0.2, 0) is 6.18 Å². The van der Waals surface area contributed by atoms with Gasteiger partial charge in [-0.05, 0) is 61.3 Å². The Morgan fingerprint density at radius 1 is 1.14 bits per heavy atom. The number of carboxylic acids is 1. The van der Waals surface area contributed by atoms with Crippen molar-refractivity contribution in [2.75, 3.05) is 25.1 Å². The summed E-state index contributed by atoms with van der Waals surface area (Å²) < 4.78 is 52.2. The van der Waals surface area contributed by atoms with Crippen LogP contribution in [0, 0.1) is 11.3 Å². The molecule has 2 aromatic carbocycles. The van der Waals surface area contributed by atoms with Crippen LogP contribution in [0.4, 0.5) is 18.9 Å². The van der Waals surface area contributed by atoms with E-state index in [9.17, 15) is 23.1 Å². The number of aromatic carboxylic acids is 1. The van der Waals surface area contributed by atoms with Gasteiger partial charge in [-0.15, -0.1) is 0 Å². The topological polar surface area (TPSA) is 88.7 Å². The fourth-order valence-electron chi connectivity index (χ4n) is 6.53. The number of allylic oxidation sites excluding steroid dienone is 1. The molecule has 2 aliphatic carbocycles. The molecule has 1 saturated heterocycles. The number of carboxylic acid groups (broad SMARTS) is 1. The molecule has 3 heterocycles. The highest BCUT2D eigenvalue weighted by Gasteiger charge is 2.51. The SMILES string of the molecule is COc1nc(C(=O)O)cc2ccc(N3CC4(CC(C=Cc5c(-c6ccccc6C(F)(F)F)noc5C5CC5)C4)C3)cc12. The molecular weight excluding hydrogens is 547 g/mol. The number of fused-ring (bicyclic) bond motifs is 1. The van der Waals surface area contributed by atoms with Gasteiger partial charge in [0.2, 0.25) is 5.88 Å². The van der Waals surface area contributed by atoms with Gasteiger partial charge in [0.15, 0.2) is 5.69 Å². The first kappa shape index (κ1) is 26.6. The van der Waals surface area contributed by atoms with E-state index in [-0.39, 0.29) is 34.2 Å². The first-order valence-electron chi connectivity index (χ1n) is 14.0. The van der Waals surface area contributed by atoms with Crippen molar-refractivity contribution in [2.45, 2.75) is 37.8 Å². The lowest BCUT2D eigenvalue weighted by Crippen LogP contribution is -2.62. The second-order valence-electron chi connectivity index (χ2n) is 11.7. The van der Waals surface area contributed by atoms with Crippen LogP contribution in [0.1, 0.15) is 59.0 Å². The van der Waals surface area contributed by atoms with Crippen molar-refractivity contribution in [1.82, 2.24) is 10.1 Å². The van der Waals surface area contributed by atoms with Crippen LogP contribution in [0.3, 0.4) is 0 Å². The number of ether oxygens (including phenoxy) is 1. The summed E-state index contributed by atoms with van der Waals surface area (Å²) >= 11 is 0. The smallest absolute Gasteiger partial charge is 0.417 e. The van der Waals surface area contributed by atoms with Crippen molar-refractivity contribution < 1.29 is 32.3 Å². The van der Waals surface area contributed by atoms with Crippen LogP contribution in [0.5, 0.6) is 5.88 Å². The number of halogens is 3. The third-order valence-corrected chi connectivity index (χ3v) is 8.73. The van der Waals surface area contributed by atoms with E-state index in [0.29, 0.717) is 17.2 Å². The number of hydrogen-bond acceptors (Lipinski definition) is 6. The van der Waals surface area contributed by atoms with Crippen LogP contribution < -0.4 is 9.64 Å². The zero-order chi connectivity index (χ0) is 29.2. The number of nitrogens with zero attached hydrogens (tertiary/aromatic N) is 3. The second kappa shape index (κ2) is 9.61. The van der Waals surface area contributed by atoms with Gasteiger partial charge in [-0.2, -0.15) is 13.2 Å². The largest absolute Gasteiger partial charge is 0.481 e. The molecule has 216 valence electrons. The molecule has 1 aliphatic heterocycles. The van der Waals surface area contributed by atoms with Crippen molar-refractivity contribution >= 4 is 28.5 Å². The molecule has 0 bridgehead atoms. The number of benzene rings is 2. The summed E-state index contributed by atoms with van der Waals surface area (Å²) in [6.45, 7) is 1.80. The lowest BCUT2D eigenvalue weighted by Gasteiger charge is -2.59. The predicted octanol–water partition coefficient (Wildman–Crippen LogP) is 7.42. The standard InChI is InChI=1S/C32H28F3N3O4/c1-41-29-24-13-21(10-9-20(24)12-26(36-29)30(39)40)38-16-31(17-38)14-18(15-31)6-11-23-27(37-42-28(23)19-7-8-19)22-4-2-3-5-25(22)32(33,34)35/h2-6,9-13,18-19H,7-8,14-17H2,1H3,(H,39,40). The van der Waals surface area contributed by atoms with E-state index < -0.39 is 17.7 Å². The number of pyridine rings is 1. The predicted molar refractivity (Wildman–Crippen MR) is 151 cm³/mol. The van der Waals surface area contributed by atoms with Crippen LogP contribution in [-0.4, -0.2) is 41.4 Å². The van der Waals surface area contributed by atoms with Crippen molar-refractivity contribution in [1.29, 1.82) is 0 Å². The molecule has 4 aromatic rings. The highest BCUT2D eigenvalue weighted by Crippen LogP contribution is 2.54. The number of methoxy groups -OCH3 is 1. The summed E-state index contributed by atoms with van der Waals surface area (Å²) in [5.41, 5.74) is 1.42. The number of aromatic nitrogens is 2. The minimum Gasteiger partial charge on any atom is -0.481 e. The fourth-order valence-corrected chi connectivity index (χ4v) is 6.53. The van der Waals surface area contributed by atoms with E-state index in [1.807, 2.05) is 24.3 Å². The Kier molecular flexibility index (Phi) is 6.07.